The van der Waals surface area contributed by atoms with Crippen molar-refractivity contribution in [3.05, 3.63) is 27.0 Å². The largest absolute Gasteiger partial charge is 0.464 e. The highest BCUT2D eigenvalue weighted by molar-refractivity contribution is 6.32. The molecule has 0 spiro atoms. The molecule has 1 N–H and O–H groups in total. The summed E-state index contributed by atoms with van der Waals surface area (Å²) >= 11 is 5.61. The van der Waals surface area contributed by atoms with E-state index in [4.69, 9.17) is 11.6 Å². The van der Waals surface area contributed by atoms with Gasteiger partial charge in [0, 0.05) is 13.1 Å². The Balaban J connectivity index is 3.37. The number of nitrogens with zero attached hydrogens (tertiary/aromatic N) is 2. The Morgan fingerprint density at radius 1 is 1.69 bits per heavy atom. The van der Waals surface area contributed by atoms with Gasteiger partial charge in [-0.1, -0.05) is 11.6 Å². The molecule has 7 nitrogen and oxygen atoms in total. The molecule has 1 heterocycles. The Bertz CT molecular complexity index is 449. The Morgan fingerprint density at radius 3 is 2.75 bits per heavy atom. The van der Waals surface area contributed by atoms with E-state index in [0.717, 1.165) is 0 Å². The molecule has 16 heavy (non-hydrogen) atoms. The number of hydrogen-bond donors (Lipinski definition) is 1. The molecule has 0 saturated carbocycles. The Labute approximate surface area is 95.5 Å². The van der Waals surface area contributed by atoms with E-state index in [-0.39, 0.29) is 22.2 Å². The molecule has 0 amide bonds. The number of carbonyl (C=O) groups excluding carboxylic acids is 1. The van der Waals surface area contributed by atoms with Crippen LogP contribution in [0.4, 0.5) is 11.4 Å². The highest BCUT2D eigenvalue weighted by Crippen LogP contribution is 2.31. The first-order chi connectivity index (χ1) is 7.51. The lowest BCUT2D eigenvalue weighted by molar-refractivity contribution is -0.384. The molecular formula is C8H8ClN3O4. The number of carbonyl (C=O) groups is 1. The molecule has 0 aliphatic carbocycles. The summed E-state index contributed by atoms with van der Waals surface area (Å²) in [7, 11) is 2.65. The minimum absolute atomic E-state index is 0.0950. The lowest BCUT2D eigenvalue weighted by Crippen LogP contribution is -2.07. The second-order valence-corrected chi connectivity index (χ2v) is 3.05. The van der Waals surface area contributed by atoms with Gasteiger partial charge in [0.05, 0.1) is 12.0 Å². The summed E-state index contributed by atoms with van der Waals surface area (Å²) in [4.78, 5) is 24.8. The van der Waals surface area contributed by atoms with Crippen molar-refractivity contribution in [1.82, 2.24) is 4.98 Å². The highest BCUT2D eigenvalue weighted by Gasteiger charge is 2.23. The van der Waals surface area contributed by atoms with Crippen LogP contribution in [0.1, 0.15) is 10.5 Å². The van der Waals surface area contributed by atoms with E-state index in [1.54, 1.807) is 0 Å². The van der Waals surface area contributed by atoms with E-state index in [1.165, 1.54) is 20.2 Å². The zero-order valence-corrected chi connectivity index (χ0v) is 9.24. The van der Waals surface area contributed by atoms with Crippen LogP contribution in [0.25, 0.3) is 0 Å². The highest BCUT2D eigenvalue weighted by atomic mass is 35.5. The maximum absolute atomic E-state index is 11.2. The summed E-state index contributed by atoms with van der Waals surface area (Å²) in [6, 6.07) is 1.20. The van der Waals surface area contributed by atoms with Crippen molar-refractivity contribution in [2.24, 2.45) is 0 Å². The fourth-order valence-electron chi connectivity index (χ4n) is 1.08. The minimum Gasteiger partial charge on any atom is -0.464 e. The first-order valence-corrected chi connectivity index (χ1v) is 4.50. The number of rotatable bonds is 3. The van der Waals surface area contributed by atoms with Gasteiger partial charge in [0.15, 0.2) is 5.69 Å². The smallest absolute Gasteiger partial charge is 0.356 e. The van der Waals surface area contributed by atoms with E-state index < -0.39 is 10.9 Å². The van der Waals surface area contributed by atoms with Crippen molar-refractivity contribution in [3.63, 3.8) is 0 Å². The van der Waals surface area contributed by atoms with E-state index in [0.29, 0.717) is 0 Å². The predicted octanol–water partition coefficient (Wildman–Crippen LogP) is 1.47. The molecule has 1 aromatic rings. The molecule has 0 unspecified atom stereocenters. The van der Waals surface area contributed by atoms with E-state index in [1.807, 2.05) is 0 Å². The first-order valence-electron chi connectivity index (χ1n) is 4.12. The second kappa shape index (κ2) is 4.75. The Kier molecular flexibility index (Phi) is 3.62. The summed E-state index contributed by atoms with van der Waals surface area (Å²) in [6.45, 7) is 0. The molecule has 0 aliphatic rings. The first kappa shape index (κ1) is 12.2. The SMILES string of the molecule is CNc1cc(C(=O)OC)nc(Cl)c1[N+](=O)[O-]. The van der Waals surface area contributed by atoms with Crippen LogP contribution >= 0.6 is 11.6 Å². The minimum atomic E-state index is -0.715. The number of ether oxygens (including phenoxy) is 1. The third kappa shape index (κ3) is 2.19. The number of anilines is 1. The van der Waals surface area contributed by atoms with Gasteiger partial charge in [-0.15, -0.1) is 0 Å². The van der Waals surface area contributed by atoms with Gasteiger partial charge in [-0.05, 0) is 0 Å². The van der Waals surface area contributed by atoms with Crippen molar-refractivity contribution in [2.75, 3.05) is 19.5 Å². The number of aromatic nitrogens is 1. The normalized spacial score (nSPS) is 9.69. The van der Waals surface area contributed by atoms with Crippen LogP contribution in [-0.2, 0) is 4.74 Å². The Morgan fingerprint density at radius 2 is 2.31 bits per heavy atom. The third-order valence-corrected chi connectivity index (χ3v) is 2.06. The number of hydrogen-bond acceptors (Lipinski definition) is 6. The number of halogens is 1. The summed E-state index contributed by atoms with van der Waals surface area (Å²) in [6.07, 6.45) is 0. The number of nitrogens with one attached hydrogen (secondary N) is 1. The predicted molar refractivity (Wildman–Crippen MR) is 56.8 cm³/mol. The van der Waals surface area contributed by atoms with Crippen LogP contribution in [0.5, 0.6) is 0 Å². The van der Waals surface area contributed by atoms with Gasteiger partial charge in [0.1, 0.15) is 5.69 Å². The standard InChI is InChI=1S/C8H8ClN3O4/c1-10-4-3-5(8(13)16-2)11-7(9)6(4)12(14)15/h3H,1-2H3,(H,10,11). The van der Waals surface area contributed by atoms with Crippen LogP contribution in [0.2, 0.25) is 5.15 Å². The van der Waals surface area contributed by atoms with Crippen molar-refractivity contribution >= 4 is 28.9 Å². The molecule has 0 fully saturated rings. The van der Waals surface area contributed by atoms with Gasteiger partial charge in [-0.3, -0.25) is 10.1 Å². The van der Waals surface area contributed by atoms with E-state index in [9.17, 15) is 14.9 Å². The maximum atomic E-state index is 11.2. The molecule has 0 aromatic carbocycles. The van der Waals surface area contributed by atoms with Gasteiger partial charge in [0.2, 0.25) is 5.15 Å². The number of methoxy groups -OCH3 is 1. The summed E-state index contributed by atoms with van der Waals surface area (Å²) in [5.74, 6) is -0.715. The van der Waals surface area contributed by atoms with Gasteiger partial charge >= 0.3 is 11.7 Å². The summed E-state index contributed by atoms with van der Waals surface area (Å²) in [5, 5.41) is 12.9. The van der Waals surface area contributed by atoms with Crippen LogP contribution in [0.15, 0.2) is 6.07 Å². The summed E-state index contributed by atoms with van der Waals surface area (Å²) in [5.41, 5.74) is -0.371. The molecule has 1 rings (SSSR count). The molecule has 0 atom stereocenters. The van der Waals surface area contributed by atoms with Crippen molar-refractivity contribution in [1.29, 1.82) is 0 Å². The number of nitro groups is 1. The van der Waals surface area contributed by atoms with Crippen molar-refractivity contribution < 1.29 is 14.5 Å². The topological polar surface area (TPSA) is 94.4 Å². The molecule has 0 aliphatic heterocycles. The molecule has 1 aromatic heterocycles. The lowest BCUT2D eigenvalue weighted by Gasteiger charge is -2.05. The molecule has 0 radical (unpaired) electrons. The van der Waals surface area contributed by atoms with Crippen molar-refractivity contribution in [3.8, 4) is 0 Å². The fraction of sp³-hybridized carbons (Fsp3) is 0.250. The van der Waals surface area contributed by atoms with Crippen LogP contribution in [0, 0.1) is 10.1 Å². The van der Waals surface area contributed by atoms with Crippen LogP contribution in [0.3, 0.4) is 0 Å². The van der Waals surface area contributed by atoms with E-state index in [2.05, 4.69) is 15.0 Å². The zero-order chi connectivity index (χ0) is 12.3. The molecular weight excluding hydrogens is 238 g/mol. The molecule has 8 heteroatoms. The maximum Gasteiger partial charge on any atom is 0.356 e. The number of pyridine rings is 1. The second-order valence-electron chi connectivity index (χ2n) is 2.69. The lowest BCUT2D eigenvalue weighted by atomic mass is 10.3. The average Bonchev–Trinajstić information content (AvgIpc) is 2.26. The van der Waals surface area contributed by atoms with Gasteiger partial charge in [-0.25, -0.2) is 9.78 Å². The monoisotopic (exact) mass is 245 g/mol. The van der Waals surface area contributed by atoms with Gasteiger partial charge in [0.25, 0.3) is 0 Å². The quantitative estimate of drug-likeness (QED) is 0.375. The van der Waals surface area contributed by atoms with Crippen LogP contribution < -0.4 is 5.32 Å². The third-order valence-electron chi connectivity index (χ3n) is 1.80. The Hall–Kier alpha value is -1.89. The number of esters is 1. The fourth-order valence-corrected chi connectivity index (χ4v) is 1.34. The van der Waals surface area contributed by atoms with Gasteiger partial charge in [-0.2, -0.15) is 0 Å². The molecule has 0 bridgehead atoms. The zero-order valence-electron chi connectivity index (χ0n) is 8.48. The average molecular weight is 246 g/mol. The molecule has 86 valence electrons. The molecule has 0 saturated heterocycles. The summed E-state index contributed by atoms with van der Waals surface area (Å²) < 4.78 is 4.43. The van der Waals surface area contributed by atoms with E-state index >= 15 is 0 Å². The van der Waals surface area contributed by atoms with Gasteiger partial charge < -0.3 is 10.1 Å². The van der Waals surface area contributed by atoms with Crippen molar-refractivity contribution in [2.45, 2.75) is 0 Å². The van der Waals surface area contributed by atoms with Crippen LogP contribution in [-0.4, -0.2) is 30.0 Å².